The molecule has 0 aliphatic rings. The zero-order chi connectivity index (χ0) is 15.2. The Morgan fingerprint density at radius 1 is 1.40 bits per heavy atom. The third-order valence-corrected chi connectivity index (χ3v) is 2.57. The lowest BCUT2D eigenvalue weighted by Crippen LogP contribution is -2.34. The summed E-state index contributed by atoms with van der Waals surface area (Å²) in [5, 5.41) is 12.4. The molecule has 5 N–H and O–H groups in total. The molecule has 0 aliphatic carbocycles. The minimum absolute atomic E-state index is 0.420. The number of alkyl carbamates (subject to hydrolysis) is 1. The van der Waals surface area contributed by atoms with Crippen molar-refractivity contribution in [3.05, 3.63) is 35.4 Å². The predicted octanol–water partition coefficient (Wildman–Crippen LogP) is 1.21. The van der Waals surface area contributed by atoms with Gasteiger partial charge in [0, 0.05) is 6.54 Å². The van der Waals surface area contributed by atoms with Crippen LogP contribution in [0.2, 0.25) is 0 Å². The van der Waals surface area contributed by atoms with E-state index in [9.17, 15) is 9.90 Å². The van der Waals surface area contributed by atoms with Gasteiger partial charge in [0.05, 0.1) is 0 Å². The number of carbonyl (C=O) groups excluding carboxylic acids is 1. The smallest absolute Gasteiger partial charge is 0.407 e. The van der Waals surface area contributed by atoms with Crippen LogP contribution in [0.1, 0.15) is 38.1 Å². The van der Waals surface area contributed by atoms with Crippen molar-refractivity contribution in [1.29, 1.82) is 0 Å². The van der Waals surface area contributed by atoms with Crippen LogP contribution in [-0.4, -0.2) is 23.3 Å². The van der Waals surface area contributed by atoms with Crippen molar-refractivity contribution in [1.82, 2.24) is 10.7 Å². The highest BCUT2D eigenvalue weighted by molar-refractivity contribution is 5.67. The molecule has 112 valence electrons. The molecule has 0 aliphatic heterocycles. The van der Waals surface area contributed by atoms with Gasteiger partial charge in [-0.1, -0.05) is 24.3 Å². The zero-order valence-electron chi connectivity index (χ0n) is 12.1. The van der Waals surface area contributed by atoms with Crippen LogP contribution in [0.25, 0.3) is 0 Å². The van der Waals surface area contributed by atoms with Gasteiger partial charge in [-0.2, -0.15) is 0 Å². The number of rotatable bonds is 5. The van der Waals surface area contributed by atoms with E-state index in [1.54, 1.807) is 6.07 Å². The number of hydrogen-bond acceptors (Lipinski definition) is 5. The van der Waals surface area contributed by atoms with Crippen molar-refractivity contribution in [2.75, 3.05) is 6.54 Å². The van der Waals surface area contributed by atoms with Gasteiger partial charge in [0.15, 0.2) is 0 Å². The number of aliphatic hydroxyl groups excluding tert-OH is 1. The van der Waals surface area contributed by atoms with Crippen molar-refractivity contribution >= 4 is 6.09 Å². The Bertz CT molecular complexity index is 444. The number of benzene rings is 1. The van der Waals surface area contributed by atoms with Crippen molar-refractivity contribution in [2.45, 2.75) is 39.0 Å². The van der Waals surface area contributed by atoms with Crippen LogP contribution in [0.5, 0.6) is 0 Å². The molecular weight excluding hydrogens is 258 g/mol. The number of nitrogens with two attached hydrogens (primary N) is 1. The summed E-state index contributed by atoms with van der Waals surface area (Å²) in [6.45, 7) is 5.85. The molecule has 0 saturated carbocycles. The standard InChI is InChI=1S/C14H23N3O3/c1-14(2,3)20-13(19)16-9-8-10-6-4-5-7-11(10)12(18)17-15/h4-7,12,17-18H,8-9,15H2,1-3H3,(H,16,19). The highest BCUT2D eigenvalue weighted by Gasteiger charge is 2.16. The first-order valence-corrected chi connectivity index (χ1v) is 6.52. The molecule has 6 nitrogen and oxygen atoms in total. The molecule has 1 aromatic rings. The lowest BCUT2D eigenvalue weighted by molar-refractivity contribution is 0.0528. The summed E-state index contributed by atoms with van der Waals surface area (Å²) in [5.41, 5.74) is 3.39. The highest BCUT2D eigenvalue weighted by atomic mass is 16.6. The van der Waals surface area contributed by atoms with Crippen LogP contribution in [0.15, 0.2) is 24.3 Å². The summed E-state index contributed by atoms with van der Waals surface area (Å²) in [7, 11) is 0. The second-order valence-electron chi connectivity index (χ2n) is 5.45. The number of ether oxygens (including phenoxy) is 1. The maximum absolute atomic E-state index is 11.5. The Morgan fingerprint density at radius 2 is 2.05 bits per heavy atom. The summed E-state index contributed by atoms with van der Waals surface area (Å²) in [5.74, 6) is 5.23. The maximum atomic E-state index is 11.5. The summed E-state index contributed by atoms with van der Waals surface area (Å²) >= 11 is 0. The van der Waals surface area contributed by atoms with Gasteiger partial charge < -0.3 is 15.2 Å². The fourth-order valence-corrected chi connectivity index (χ4v) is 1.73. The number of amides is 1. The Kier molecular flexibility index (Phi) is 5.94. The number of carbonyl (C=O) groups is 1. The van der Waals surface area contributed by atoms with Gasteiger partial charge in [-0.05, 0) is 38.3 Å². The molecule has 1 amide bonds. The van der Waals surface area contributed by atoms with Gasteiger partial charge in [0.25, 0.3) is 0 Å². The largest absolute Gasteiger partial charge is 0.444 e. The Labute approximate surface area is 119 Å². The van der Waals surface area contributed by atoms with E-state index < -0.39 is 17.9 Å². The minimum Gasteiger partial charge on any atom is -0.444 e. The molecule has 20 heavy (non-hydrogen) atoms. The van der Waals surface area contributed by atoms with Crippen molar-refractivity contribution in [2.24, 2.45) is 5.84 Å². The maximum Gasteiger partial charge on any atom is 0.407 e. The van der Waals surface area contributed by atoms with E-state index in [-0.39, 0.29) is 0 Å². The number of aliphatic hydroxyl groups is 1. The second-order valence-corrected chi connectivity index (χ2v) is 5.45. The predicted molar refractivity (Wildman–Crippen MR) is 76.7 cm³/mol. The summed E-state index contributed by atoms with van der Waals surface area (Å²) < 4.78 is 5.14. The number of hydrazine groups is 1. The first-order chi connectivity index (χ1) is 9.33. The van der Waals surface area contributed by atoms with E-state index in [0.717, 1.165) is 5.56 Å². The quantitative estimate of drug-likeness (QED) is 0.369. The molecule has 0 spiro atoms. The van der Waals surface area contributed by atoms with Gasteiger partial charge in [-0.3, -0.25) is 5.84 Å². The normalized spacial score (nSPS) is 12.8. The Hall–Kier alpha value is -1.63. The molecule has 1 rings (SSSR count). The molecule has 6 heteroatoms. The van der Waals surface area contributed by atoms with Gasteiger partial charge in [0.1, 0.15) is 11.8 Å². The van der Waals surface area contributed by atoms with Crippen molar-refractivity contribution < 1.29 is 14.6 Å². The molecule has 0 heterocycles. The monoisotopic (exact) mass is 281 g/mol. The molecule has 0 aromatic heterocycles. The van der Waals surface area contributed by atoms with E-state index in [1.807, 2.05) is 39.0 Å². The average Bonchev–Trinajstić information content (AvgIpc) is 2.36. The first kappa shape index (κ1) is 16.4. The van der Waals surface area contributed by atoms with Gasteiger partial charge in [-0.15, -0.1) is 0 Å². The van der Waals surface area contributed by atoms with E-state index in [0.29, 0.717) is 18.5 Å². The molecule has 0 fully saturated rings. The van der Waals surface area contributed by atoms with Gasteiger partial charge in [0.2, 0.25) is 0 Å². The van der Waals surface area contributed by atoms with E-state index in [4.69, 9.17) is 10.6 Å². The SMILES string of the molecule is CC(C)(C)OC(=O)NCCc1ccccc1C(O)NN. The summed E-state index contributed by atoms with van der Waals surface area (Å²) in [6.07, 6.45) is -0.797. The fourth-order valence-electron chi connectivity index (χ4n) is 1.73. The molecular formula is C14H23N3O3. The van der Waals surface area contributed by atoms with Gasteiger partial charge >= 0.3 is 6.09 Å². The lowest BCUT2D eigenvalue weighted by atomic mass is 10.0. The number of hydrogen-bond donors (Lipinski definition) is 4. The minimum atomic E-state index is -0.923. The number of nitrogens with one attached hydrogen (secondary N) is 2. The Balaban J connectivity index is 2.52. The molecule has 0 radical (unpaired) electrons. The van der Waals surface area contributed by atoms with Crippen molar-refractivity contribution in [3.8, 4) is 0 Å². The van der Waals surface area contributed by atoms with E-state index in [1.165, 1.54) is 0 Å². The summed E-state index contributed by atoms with van der Waals surface area (Å²) in [4.78, 5) is 11.5. The van der Waals surface area contributed by atoms with Crippen LogP contribution >= 0.6 is 0 Å². The molecule has 1 atom stereocenters. The average molecular weight is 281 g/mol. The molecule has 0 bridgehead atoms. The zero-order valence-corrected chi connectivity index (χ0v) is 12.1. The molecule has 1 unspecified atom stereocenters. The van der Waals surface area contributed by atoms with Crippen LogP contribution < -0.4 is 16.6 Å². The van der Waals surface area contributed by atoms with Crippen LogP contribution in [0, 0.1) is 0 Å². The van der Waals surface area contributed by atoms with E-state index in [2.05, 4.69) is 10.7 Å². The molecule has 1 aromatic carbocycles. The van der Waals surface area contributed by atoms with Crippen LogP contribution in [0.4, 0.5) is 4.79 Å². The molecule has 0 saturated heterocycles. The van der Waals surface area contributed by atoms with Crippen LogP contribution in [-0.2, 0) is 11.2 Å². The first-order valence-electron chi connectivity index (χ1n) is 6.52. The fraction of sp³-hybridized carbons (Fsp3) is 0.500. The van der Waals surface area contributed by atoms with Crippen molar-refractivity contribution in [3.63, 3.8) is 0 Å². The summed E-state index contributed by atoms with van der Waals surface area (Å²) in [6, 6.07) is 7.36. The second kappa shape index (κ2) is 7.23. The van der Waals surface area contributed by atoms with Crippen LogP contribution in [0.3, 0.4) is 0 Å². The van der Waals surface area contributed by atoms with E-state index >= 15 is 0 Å². The Morgan fingerprint density at radius 3 is 2.65 bits per heavy atom. The highest BCUT2D eigenvalue weighted by Crippen LogP contribution is 2.15. The lowest BCUT2D eigenvalue weighted by Gasteiger charge is -2.20. The third kappa shape index (κ3) is 5.56. The van der Waals surface area contributed by atoms with Gasteiger partial charge in [-0.25, -0.2) is 10.2 Å². The third-order valence-electron chi connectivity index (χ3n) is 2.57. The topological polar surface area (TPSA) is 96.6 Å².